The van der Waals surface area contributed by atoms with E-state index in [2.05, 4.69) is 43.1 Å². The number of aryl methyl sites for hydroxylation is 1. The second-order valence-electron chi connectivity index (χ2n) is 4.01. The lowest BCUT2D eigenvalue weighted by Crippen LogP contribution is -2.20. The standard InChI is InChI=1S/C13H21NO/c1-12-7-4-5-8-13(12)11-14(2)9-6-10-15-3/h4-5,7-8H,6,9-11H2,1-3H3. The van der Waals surface area contributed by atoms with Crippen molar-refractivity contribution in [3.8, 4) is 0 Å². The first-order chi connectivity index (χ1) is 7.24. The van der Waals surface area contributed by atoms with Gasteiger partial charge in [-0.15, -0.1) is 0 Å². The molecule has 0 heterocycles. The van der Waals surface area contributed by atoms with Crippen LogP contribution >= 0.6 is 0 Å². The summed E-state index contributed by atoms with van der Waals surface area (Å²) in [6, 6.07) is 8.55. The minimum atomic E-state index is 0.845. The molecule has 0 aromatic heterocycles. The number of nitrogens with zero attached hydrogens (tertiary/aromatic N) is 1. The van der Waals surface area contributed by atoms with Gasteiger partial charge in [0, 0.05) is 26.8 Å². The van der Waals surface area contributed by atoms with Gasteiger partial charge in [0.1, 0.15) is 0 Å². The van der Waals surface area contributed by atoms with Crippen LogP contribution in [0.2, 0.25) is 0 Å². The summed E-state index contributed by atoms with van der Waals surface area (Å²) in [5.41, 5.74) is 2.79. The quantitative estimate of drug-likeness (QED) is 0.664. The Labute approximate surface area is 92.9 Å². The third-order valence-electron chi connectivity index (χ3n) is 2.59. The Bertz CT molecular complexity index is 286. The smallest absolute Gasteiger partial charge is 0.0474 e. The number of hydrogen-bond acceptors (Lipinski definition) is 2. The maximum atomic E-state index is 5.04. The van der Waals surface area contributed by atoms with Crippen molar-refractivity contribution in [1.29, 1.82) is 0 Å². The Morgan fingerprint density at radius 2 is 2.00 bits per heavy atom. The maximum absolute atomic E-state index is 5.04. The van der Waals surface area contributed by atoms with Crippen LogP contribution in [0.15, 0.2) is 24.3 Å². The van der Waals surface area contributed by atoms with Crippen molar-refractivity contribution in [2.45, 2.75) is 19.9 Å². The summed E-state index contributed by atoms with van der Waals surface area (Å²) in [6.45, 7) is 5.12. The van der Waals surface area contributed by atoms with Crippen molar-refractivity contribution in [3.05, 3.63) is 35.4 Å². The van der Waals surface area contributed by atoms with Gasteiger partial charge in [-0.25, -0.2) is 0 Å². The third-order valence-corrected chi connectivity index (χ3v) is 2.59. The van der Waals surface area contributed by atoms with E-state index in [-0.39, 0.29) is 0 Å². The van der Waals surface area contributed by atoms with Crippen LogP contribution in [0.25, 0.3) is 0 Å². The summed E-state index contributed by atoms with van der Waals surface area (Å²) in [5.74, 6) is 0. The van der Waals surface area contributed by atoms with Crippen LogP contribution in [0.1, 0.15) is 17.5 Å². The van der Waals surface area contributed by atoms with Crippen molar-refractivity contribution < 1.29 is 4.74 Å². The first-order valence-corrected chi connectivity index (χ1v) is 5.46. The normalized spacial score (nSPS) is 10.9. The van der Waals surface area contributed by atoms with Gasteiger partial charge in [0.2, 0.25) is 0 Å². The largest absolute Gasteiger partial charge is 0.385 e. The van der Waals surface area contributed by atoms with E-state index < -0.39 is 0 Å². The van der Waals surface area contributed by atoms with E-state index in [4.69, 9.17) is 4.74 Å². The lowest BCUT2D eigenvalue weighted by Gasteiger charge is -2.17. The molecule has 0 atom stereocenters. The second-order valence-corrected chi connectivity index (χ2v) is 4.01. The van der Waals surface area contributed by atoms with Crippen molar-refractivity contribution in [2.24, 2.45) is 0 Å². The molecule has 0 fully saturated rings. The van der Waals surface area contributed by atoms with Gasteiger partial charge in [0.15, 0.2) is 0 Å². The monoisotopic (exact) mass is 207 g/mol. The number of benzene rings is 1. The highest BCUT2D eigenvalue weighted by molar-refractivity contribution is 5.25. The van der Waals surface area contributed by atoms with Gasteiger partial charge in [0.25, 0.3) is 0 Å². The molecule has 0 aliphatic heterocycles. The predicted octanol–water partition coefficient (Wildman–Crippen LogP) is 2.46. The summed E-state index contributed by atoms with van der Waals surface area (Å²) >= 11 is 0. The lowest BCUT2D eigenvalue weighted by atomic mass is 10.1. The van der Waals surface area contributed by atoms with E-state index in [9.17, 15) is 0 Å². The minimum absolute atomic E-state index is 0.845. The van der Waals surface area contributed by atoms with Gasteiger partial charge in [0.05, 0.1) is 0 Å². The van der Waals surface area contributed by atoms with Crippen molar-refractivity contribution in [1.82, 2.24) is 4.90 Å². The number of hydrogen-bond donors (Lipinski definition) is 0. The SMILES string of the molecule is COCCCN(C)Cc1ccccc1C. The molecule has 0 aliphatic carbocycles. The molecule has 1 aromatic rings. The Morgan fingerprint density at radius 1 is 1.27 bits per heavy atom. The first-order valence-electron chi connectivity index (χ1n) is 5.46. The predicted molar refractivity (Wildman–Crippen MR) is 64.0 cm³/mol. The van der Waals surface area contributed by atoms with Crippen LogP contribution in [0, 0.1) is 6.92 Å². The average Bonchev–Trinajstić information content (AvgIpc) is 2.22. The molecule has 0 aliphatic rings. The molecule has 0 unspecified atom stereocenters. The van der Waals surface area contributed by atoms with Crippen molar-refractivity contribution in [3.63, 3.8) is 0 Å². The van der Waals surface area contributed by atoms with E-state index in [1.54, 1.807) is 7.11 Å². The summed E-state index contributed by atoms with van der Waals surface area (Å²) in [4.78, 5) is 2.33. The zero-order chi connectivity index (χ0) is 11.1. The van der Waals surface area contributed by atoms with Crippen LogP contribution in [0.5, 0.6) is 0 Å². The molecule has 0 N–H and O–H groups in total. The van der Waals surface area contributed by atoms with Crippen molar-refractivity contribution in [2.75, 3.05) is 27.3 Å². The number of rotatable bonds is 6. The fourth-order valence-corrected chi connectivity index (χ4v) is 1.64. The molecule has 0 spiro atoms. The number of methoxy groups -OCH3 is 1. The van der Waals surface area contributed by atoms with Gasteiger partial charge in [-0.05, 0) is 31.5 Å². The summed E-state index contributed by atoms with van der Waals surface area (Å²) in [5, 5.41) is 0. The van der Waals surface area contributed by atoms with E-state index in [0.717, 1.165) is 26.1 Å². The van der Waals surface area contributed by atoms with Crippen LogP contribution in [0.3, 0.4) is 0 Å². The molecule has 0 bridgehead atoms. The van der Waals surface area contributed by atoms with Gasteiger partial charge in [-0.3, -0.25) is 0 Å². The van der Waals surface area contributed by atoms with Crippen LogP contribution in [0.4, 0.5) is 0 Å². The molecule has 0 saturated heterocycles. The highest BCUT2D eigenvalue weighted by Gasteiger charge is 2.01. The van der Waals surface area contributed by atoms with E-state index in [1.165, 1.54) is 11.1 Å². The average molecular weight is 207 g/mol. The molecule has 1 rings (SSSR count). The molecular formula is C13H21NO. The number of ether oxygens (including phenoxy) is 1. The molecular weight excluding hydrogens is 186 g/mol. The molecule has 15 heavy (non-hydrogen) atoms. The highest BCUT2D eigenvalue weighted by Crippen LogP contribution is 2.09. The summed E-state index contributed by atoms with van der Waals surface area (Å²) in [6.07, 6.45) is 1.10. The first kappa shape index (κ1) is 12.2. The zero-order valence-corrected chi connectivity index (χ0v) is 9.99. The van der Waals surface area contributed by atoms with Crippen molar-refractivity contribution >= 4 is 0 Å². The summed E-state index contributed by atoms with van der Waals surface area (Å²) < 4.78 is 5.04. The zero-order valence-electron chi connectivity index (χ0n) is 9.99. The van der Waals surface area contributed by atoms with E-state index in [0.29, 0.717) is 0 Å². The Hall–Kier alpha value is -0.860. The fourth-order valence-electron chi connectivity index (χ4n) is 1.64. The fraction of sp³-hybridized carbons (Fsp3) is 0.538. The van der Waals surface area contributed by atoms with Gasteiger partial charge < -0.3 is 9.64 Å². The van der Waals surface area contributed by atoms with Gasteiger partial charge in [-0.1, -0.05) is 24.3 Å². The maximum Gasteiger partial charge on any atom is 0.0474 e. The van der Waals surface area contributed by atoms with Crippen LogP contribution in [-0.2, 0) is 11.3 Å². The van der Waals surface area contributed by atoms with Gasteiger partial charge >= 0.3 is 0 Å². The molecule has 0 radical (unpaired) electrons. The van der Waals surface area contributed by atoms with E-state index >= 15 is 0 Å². The topological polar surface area (TPSA) is 12.5 Å². The van der Waals surface area contributed by atoms with Gasteiger partial charge in [-0.2, -0.15) is 0 Å². The Kier molecular flexibility index (Phi) is 5.37. The summed E-state index contributed by atoms with van der Waals surface area (Å²) in [7, 11) is 3.91. The third kappa shape index (κ3) is 4.45. The molecule has 84 valence electrons. The molecule has 0 saturated carbocycles. The minimum Gasteiger partial charge on any atom is -0.385 e. The molecule has 1 aromatic carbocycles. The Balaban J connectivity index is 2.37. The lowest BCUT2D eigenvalue weighted by molar-refractivity contribution is 0.178. The van der Waals surface area contributed by atoms with Crippen LogP contribution < -0.4 is 0 Å². The molecule has 0 amide bonds. The van der Waals surface area contributed by atoms with Crippen LogP contribution in [-0.4, -0.2) is 32.2 Å². The Morgan fingerprint density at radius 3 is 2.67 bits per heavy atom. The highest BCUT2D eigenvalue weighted by atomic mass is 16.5. The second kappa shape index (κ2) is 6.59. The molecule has 2 nitrogen and oxygen atoms in total. The van der Waals surface area contributed by atoms with E-state index in [1.807, 2.05) is 0 Å². The molecule has 2 heteroatoms.